The molecule has 0 spiro atoms. The van der Waals surface area contributed by atoms with E-state index in [1.165, 1.54) is 0 Å². The van der Waals surface area contributed by atoms with Gasteiger partial charge in [-0.3, -0.25) is 9.59 Å². The number of amides is 1. The quantitative estimate of drug-likeness (QED) is 0.759. The van der Waals surface area contributed by atoms with Crippen molar-refractivity contribution < 1.29 is 18.4 Å². The number of fused-ring (bicyclic) bond motifs is 1. The van der Waals surface area contributed by atoms with Crippen LogP contribution in [0.5, 0.6) is 0 Å². The summed E-state index contributed by atoms with van der Waals surface area (Å²) >= 11 is 0. The van der Waals surface area contributed by atoms with Crippen LogP contribution in [0.2, 0.25) is 0 Å². The van der Waals surface area contributed by atoms with Gasteiger partial charge in [0.25, 0.3) is 11.7 Å². The molecule has 0 saturated heterocycles. The summed E-state index contributed by atoms with van der Waals surface area (Å²) < 4.78 is 26.6. The Balaban J connectivity index is 2.48. The second-order valence-electron chi connectivity index (χ2n) is 3.92. The van der Waals surface area contributed by atoms with Gasteiger partial charge in [0, 0.05) is 12.6 Å². The molecule has 0 saturated carbocycles. The van der Waals surface area contributed by atoms with Gasteiger partial charge < -0.3 is 4.90 Å². The van der Waals surface area contributed by atoms with Crippen LogP contribution in [-0.4, -0.2) is 18.2 Å². The van der Waals surface area contributed by atoms with Gasteiger partial charge in [0.2, 0.25) is 0 Å². The molecule has 5 heteroatoms. The summed E-state index contributed by atoms with van der Waals surface area (Å²) in [6.45, 7) is 2.20. The molecule has 0 unspecified atom stereocenters. The van der Waals surface area contributed by atoms with E-state index < -0.39 is 23.3 Å². The summed E-state index contributed by atoms with van der Waals surface area (Å²) in [7, 11) is 0. The Morgan fingerprint density at radius 1 is 1.24 bits per heavy atom. The van der Waals surface area contributed by atoms with E-state index in [1.54, 1.807) is 0 Å². The number of unbranched alkanes of at least 4 members (excludes halogenated alkanes) is 1. The average Bonchev–Trinajstić information content (AvgIpc) is 2.51. The zero-order chi connectivity index (χ0) is 12.6. The molecule has 3 nitrogen and oxygen atoms in total. The van der Waals surface area contributed by atoms with E-state index in [4.69, 9.17) is 0 Å². The molecule has 17 heavy (non-hydrogen) atoms. The van der Waals surface area contributed by atoms with E-state index in [9.17, 15) is 18.4 Å². The zero-order valence-corrected chi connectivity index (χ0v) is 9.30. The predicted molar refractivity (Wildman–Crippen MR) is 57.9 cm³/mol. The number of halogens is 2. The van der Waals surface area contributed by atoms with Crippen LogP contribution >= 0.6 is 0 Å². The second-order valence-corrected chi connectivity index (χ2v) is 3.92. The molecule has 1 aromatic carbocycles. The number of Topliss-reactive ketones (excluding diaryl/α,β-unsaturated/α-hetero) is 1. The summed E-state index contributed by atoms with van der Waals surface area (Å²) in [5.74, 6) is -3.33. The van der Waals surface area contributed by atoms with Crippen LogP contribution in [0.15, 0.2) is 12.1 Å². The summed E-state index contributed by atoms with van der Waals surface area (Å²) in [5.41, 5.74) is -0.265. The minimum atomic E-state index is -0.865. The molecule has 0 fully saturated rings. The van der Waals surface area contributed by atoms with Crippen molar-refractivity contribution in [2.24, 2.45) is 0 Å². The number of benzene rings is 1. The Morgan fingerprint density at radius 2 is 1.94 bits per heavy atom. The lowest BCUT2D eigenvalue weighted by Gasteiger charge is -2.16. The molecule has 90 valence electrons. The highest BCUT2D eigenvalue weighted by Gasteiger charge is 2.38. The first-order chi connectivity index (χ1) is 8.06. The van der Waals surface area contributed by atoms with Gasteiger partial charge in [0.05, 0.1) is 11.3 Å². The number of anilines is 1. The molecule has 0 radical (unpaired) electrons. The summed E-state index contributed by atoms with van der Waals surface area (Å²) in [5, 5.41) is 0. The van der Waals surface area contributed by atoms with E-state index in [0.717, 1.165) is 17.4 Å². The number of rotatable bonds is 3. The van der Waals surface area contributed by atoms with Crippen LogP contribution in [0.25, 0.3) is 0 Å². The van der Waals surface area contributed by atoms with Crippen molar-refractivity contribution in [1.29, 1.82) is 0 Å². The number of hydrogen-bond acceptors (Lipinski definition) is 2. The maximum absolute atomic E-state index is 13.6. The minimum Gasteiger partial charge on any atom is -0.302 e. The maximum Gasteiger partial charge on any atom is 0.299 e. The minimum absolute atomic E-state index is 0.0881. The van der Waals surface area contributed by atoms with E-state index in [0.29, 0.717) is 12.5 Å². The van der Waals surface area contributed by atoms with Crippen LogP contribution in [0.4, 0.5) is 14.5 Å². The molecule has 1 heterocycles. The third-order valence-electron chi connectivity index (χ3n) is 2.72. The SMILES string of the molecule is CCCCN1C(=O)C(=O)c2cc(F)cc(F)c21. The van der Waals surface area contributed by atoms with Crippen LogP contribution in [0.1, 0.15) is 30.1 Å². The van der Waals surface area contributed by atoms with E-state index >= 15 is 0 Å². The van der Waals surface area contributed by atoms with Crippen molar-refractivity contribution in [3.05, 3.63) is 29.3 Å². The van der Waals surface area contributed by atoms with Gasteiger partial charge in [-0.15, -0.1) is 0 Å². The Morgan fingerprint density at radius 3 is 2.59 bits per heavy atom. The highest BCUT2D eigenvalue weighted by molar-refractivity contribution is 6.52. The largest absolute Gasteiger partial charge is 0.302 e. The topological polar surface area (TPSA) is 37.4 Å². The lowest BCUT2D eigenvalue weighted by atomic mass is 10.1. The van der Waals surface area contributed by atoms with Crippen molar-refractivity contribution in [3.8, 4) is 0 Å². The Bertz CT molecular complexity index is 500. The highest BCUT2D eigenvalue weighted by atomic mass is 19.1. The van der Waals surface area contributed by atoms with E-state index in [2.05, 4.69) is 0 Å². The van der Waals surface area contributed by atoms with Crippen molar-refractivity contribution in [2.75, 3.05) is 11.4 Å². The third kappa shape index (κ3) is 1.81. The molecule has 2 rings (SSSR count). The number of ketones is 1. The van der Waals surface area contributed by atoms with Gasteiger partial charge in [0.15, 0.2) is 5.82 Å². The van der Waals surface area contributed by atoms with E-state index in [-0.39, 0.29) is 17.8 Å². The Kier molecular flexibility index (Phi) is 2.92. The first-order valence-electron chi connectivity index (χ1n) is 5.41. The molecule has 1 amide bonds. The fourth-order valence-electron chi connectivity index (χ4n) is 1.88. The van der Waals surface area contributed by atoms with Crippen molar-refractivity contribution in [1.82, 2.24) is 0 Å². The number of hydrogen-bond donors (Lipinski definition) is 0. The third-order valence-corrected chi connectivity index (χ3v) is 2.72. The zero-order valence-electron chi connectivity index (χ0n) is 9.30. The molecule has 0 aromatic heterocycles. The normalized spacial score (nSPS) is 14.4. The van der Waals surface area contributed by atoms with Crippen LogP contribution in [-0.2, 0) is 4.79 Å². The molecule has 0 aliphatic carbocycles. The van der Waals surface area contributed by atoms with Crippen LogP contribution in [0.3, 0.4) is 0 Å². The number of carbonyl (C=O) groups excluding carboxylic acids is 2. The molecule has 1 aliphatic heterocycles. The monoisotopic (exact) mass is 239 g/mol. The summed E-state index contributed by atoms with van der Waals surface area (Å²) in [4.78, 5) is 24.3. The summed E-state index contributed by atoms with van der Waals surface area (Å²) in [6.07, 6.45) is 1.48. The van der Waals surface area contributed by atoms with Crippen LogP contribution < -0.4 is 4.90 Å². The highest BCUT2D eigenvalue weighted by Crippen LogP contribution is 2.32. The molecule has 0 atom stereocenters. The van der Waals surface area contributed by atoms with Gasteiger partial charge in [-0.25, -0.2) is 8.78 Å². The standard InChI is InChI=1S/C12H11F2NO2/c1-2-3-4-15-10-8(11(16)12(15)17)5-7(13)6-9(10)14/h5-6H,2-4H2,1H3. The molecule has 0 N–H and O–H groups in total. The van der Waals surface area contributed by atoms with E-state index in [1.807, 2.05) is 6.92 Å². The average molecular weight is 239 g/mol. The van der Waals surface area contributed by atoms with Crippen molar-refractivity contribution in [3.63, 3.8) is 0 Å². The number of nitrogens with zero attached hydrogens (tertiary/aromatic N) is 1. The van der Waals surface area contributed by atoms with Gasteiger partial charge in [-0.2, -0.15) is 0 Å². The van der Waals surface area contributed by atoms with Gasteiger partial charge in [-0.05, 0) is 12.5 Å². The maximum atomic E-state index is 13.6. The smallest absolute Gasteiger partial charge is 0.299 e. The molecule has 1 aromatic rings. The van der Waals surface area contributed by atoms with Crippen LogP contribution in [0, 0.1) is 11.6 Å². The fourth-order valence-corrected chi connectivity index (χ4v) is 1.88. The molecule has 0 bridgehead atoms. The lowest BCUT2D eigenvalue weighted by Crippen LogP contribution is -2.31. The van der Waals surface area contributed by atoms with Crippen molar-refractivity contribution in [2.45, 2.75) is 19.8 Å². The Labute approximate surface area is 97.0 Å². The molecule has 1 aliphatic rings. The number of carbonyl (C=O) groups is 2. The first-order valence-corrected chi connectivity index (χ1v) is 5.41. The molecular weight excluding hydrogens is 228 g/mol. The summed E-state index contributed by atoms with van der Waals surface area (Å²) in [6, 6.07) is 1.59. The second kappa shape index (κ2) is 4.24. The van der Waals surface area contributed by atoms with Gasteiger partial charge >= 0.3 is 0 Å². The van der Waals surface area contributed by atoms with Gasteiger partial charge in [-0.1, -0.05) is 13.3 Å². The Hall–Kier alpha value is -1.78. The first kappa shape index (κ1) is 11.7. The van der Waals surface area contributed by atoms with Gasteiger partial charge in [0.1, 0.15) is 5.82 Å². The van der Waals surface area contributed by atoms with Crippen molar-refractivity contribution >= 4 is 17.4 Å². The fraction of sp³-hybridized carbons (Fsp3) is 0.333. The predicted octanol–water partition coefficient (Wildman–Crippen LogP) is 2.29. The lowest BCUT2D eigenvalue weighted by molar-refractivity contribution is -0.114. The molecular formula is C12H11F2NO2.